The van der Waals surface area contributed by atoms with Gasteiger partial charge in [0.05, 0.1) is 12.5 Å². The Labute approximate surface area is 202 Å². The molecule has 0 bridgehead atoms. The van der Waals surface area contributed by atoms with E-state index in [1.807, 2.05) is 31.2 Å². The Hall–Kier alpha value is -4.01. The van der Waals surface area contributed by atoms with Gasteiger partial charge in [-0.3, -0.25) is 4.79 Å². The molecule has 35 heavy (non-hydrogen) atoms. The predicted octanol–water partition coefficient (Wildman–Crippen LogP) is 4.36. The number of halogens is 1. The van der Waals surface area contributed by atoms with Gasteiger partial charge in [0.2, 0.25) is 5.91 Å². The Balaban J connectivity index is 1.35. The normalized spacial score (nSPS) is 15.8. The van der Waals surface area contributed by atoms with Gasteiger partial charge in [-0.25, -0.2) is 9.37 Å². The second-order valence-corrected chi connectivity index (χ2v) is 8.46. The van der Waals surface area contributed by atoms with Crippen LogP contribution in [0.1, 0.15) is 25.3 Å². The molecule has 4 aromatic rings. The van der Waals surface area contributed by atoms with Crippen LogP contribution in [-0.2, 0) is 11.3 Å². The molecule has 1 aliphatic heterocycles. The molecule has 2 aromatic heterocycles. The lowest BCUT2D eigenvalue weighted by Gasteiger charge is -2.33. The molecule has 1 amide bonds. The van der Waals surface area contributed by atoms with Crippen molar-refractivity contribution >= 4 is 22.8 Å². The molecule has 1 fully saturated rings. The van der Waals surface area contributed by atoms with Gasteiger partial charge in [-0.05, 0) is 50.1 Å². The number of piperidine rings is 1. The fourth-order valence-corrected chi connectivity index (χ4v) is 4.47. The number of nitrogens with one attached hydrogen (secondary N) is 1. The Bertz CT molecular complexity index is 1320. The Morgan fingerprint density at radius 1 is 1.20 bits per heavy atom. The third-order valence-corrected chi connectivity index (χ3v) is 6.19. The number of aromatic nitrogens is 3. The van der Waals surface area contributed by atoms with Crippen molar-refractivity contribution in [1.29, 1.82) is 0 Å². The monoisotopic (exact) mass is 475 g/mol. The molecule has 2 aromatic carbocycles. The highest BCUT2D eigenvalue weighted by Gasteiger charge is 2.29. The summed E-state index contributed by atoms with van der Waals surface area (Å²) in [6.45, 7) is 4.17. The van der Waals surface area contributed by atoms with Gasteiger partial charge in [0.1, 0.15) is 34.8 Å². The summed E-state index contributed by atoms with van der Waals surface area (Å²) in [7, 11) is 0. The van der Waals surface area contributed by atoms with E-state index in [1.165, 1.54) is 18.5 Å². The molecule has 1 N–H and O–H groups in total. The molecular formula is C26H26FN5O3. The Morgan fingerprint density at radius 3 is 2.86 bits per heavy atom. The first-order valence-electron chi connectivity index (χ1n) is 11.7. The van der Waals surface area contributed by atoms with Gasteiger partial charge in [0.15, 0.2) is 0 Å². The van der Waals surface area contributed by atoms with Crippen LogP contribution >= 0.6 is 0 Å². The van der Waals surface area contributed by atoms with Gasteiger partial charge in [0, 0.05) is 30.8 Å². The topological polar surface area (TPSA) is 93.4 Å². The van der Waals surface area contributed by atoms with E-state index in [2.05, 4.69) is 25.3 Å². The van der Waals surface area contributed by atoms with E-state index in [4.69, 9.17) is 9.26 Å². The standard InChI is InChI=1S/C26H26FN5O3/c1-2-34-21-8-4-3-6-18(21)14-28-25(33)19-7-5-13-32(15-19)24-22-23(17-9-11-20(27)12-10-17)31-35-26(22)30-16-29-24/h3-4,6,8-12,16,19H,2,5,7,13-15H2,1H3,(H,28,33)/t19-/m1/s1. The number of benzene rings is 2. The van der Waals surface area contributed by atoms with Crippen LogP contribution in [0.15, 0.2) is 59.4 Å². The number of para-hydroxylation sites is 1. The summed E-state index contributed by atoms with van der Waals surface area (Å²) in [4.78, 5) is 23.9. The second-order valence-electron chi connectivity index (χ2n) is 8.46. The second kappa shape index (κ2) is 10.1. The minimum absolute atomic E-state index is 0.00428. The first kappa shape index (κ1) is 22.8. The number of amides is 1. The maximum atomic E-state index is 13.4. The minimum Gasteiger partial charge on any atom is -0.494 e. The van der Waals surface area contributed by atoms with E-state index in [-0.39, 0.29) is 17.6 Å². The van der Waals surface area contributed by atoms with Crippen molar-refractivity contribution in [2.75, 3.05) is 24.6 Å². The molecule has 1 aliphatic rings. The van der Waals surface area contributed by atoms with Crippen LogP contribution in [0.3, 0.4) is 0 Å². The number of nitrogens with zero attached hydrogens (tertiary/aromatic N) is 4. The van der Waals surface area contributed by atoms with E-state index >= 15 is 0 Å². The number of hydrogen-bond acceptors (Lipinski definition) is 7. The van der Waals surface area contributed by atoms with Crippen LogP contribution < -0.4 is 15.0 Å². The molecule has 0 unspecified atom stereocenters. The number of carbonyl (C=O) groups is 1. The maximum Gasteiger partial charge on any atom is 0.263 e. The van der Waals surface area contributed by atoms with E-state index < -0.39 is 0 Å². The highest BCUT2D eigenvalue weighted by molar-refractivity contribution is 5.98. The maximum absolute atomic E-state index is 13.4. The highest BCUT2D eigenvalue weighted by Crippen LogP contribution is 2.35. The van der Waals surface area contributed by atoms with Crippen LogP contribution in [0, 0.1) is 11.7 Å². The molecule has 1 atom stereocenters. The van der Waals surface area contributed by atoms with Crippen molar-refractivity contribution in [3.8, 4) is 17.0 Å². The zero-order valence-electron chi connectivity index (χ0n) is 19.4. The average Bonchev–Trinajstić information content (AvgIpc) is 3.33. The fraction of sp³-hybridized carbons (Fsp3) is 0.308. The van der Waals surface area contributed by atoms with Crippen LogP contribution in [0.4, 0.5) is 10.2 Å². The van der Waals surface area contributed by atoms with Gasteiger partial charge in [-0.2, -0.15) is 4.98 Å². The van der Waals surface area contributed by atoms with Crippen LogP contribution in [0.2, 0.25) is 0 Å². The van der Waals surface area contributed by atoms with Crippen molar-refractivity contribution in [2.24, 2.45) is 5.92 Å². The summed E-state index contributed by atoms with van der Waals surface area (Å²) >= 11 is 0. The molecule has 0 radical (unpaired) electrons. The predicted molar refractivity (Wildman–Crippen MR) is 129 cm³/mol. The quantitative estimate of drug-likeness (QED) is 0.425. The molecular weight excluding hydrogens is 449 g/mol. The number of rotatable bonds is 7. The van der Waals surface area contributed by atoms with Gasteiger partial charge in [0.25, 0.3) is 5.71 Å². The number of hydrogen-bond donors (Lipinski definition) is 1. The summed E-state index contributed by atoms with van der Waals surface area (Å²) in [5.74, 6) is 0.920. The lowest BCUT2D eigenvalue weighted by Crippen LogP contribution is -2.43. The SMILES string of the molecule is CCOc1ccccc1CNC(=O)[C@@H]1CCCN(c2ncnc3onc(-c4ccc(F)cc4)c23)C1. The molecule has 9 heteroatoms. The van der Waals surface area contributed by atoms with Gasteiger partial charge >= 0.3 is 0 Å². The van der Waals surface area contributed by atoms with Crippen molar-refractivity contribution in [3.05, 3.63) is 66.2 Å². The fourth-order valence-electron chi connectivity index (χ4n) is 4.47. The van der Waals surface area contributed by atoms with Crippen LogP contribution in [0.5, 0.6) is 5.75 Å². The van der Waals surface area contributed by atoms with E-state index in [1.54, 1.807) is 12.1 Å². The third kappa shape index (κ3) is 4.80. The molecule has 0 saturated carbocycles. The zero-order valence-corrected chi connectivity index (χ0v) is 19.4. The third-order valence-electron chi connectivity index (χ3n) is 6.19. The molecule has 8 nitrogen and oxygen atoms in total. The molecule has 3 heterocycles. The lowest BCUT2D eigenvalue weighted by molar-refractivity contribution is -0.125. The summed E-state index contributed by atoms with van der Waals surface area (Å²) in [6, 6.07) is 13.8. The number of anilines is 1. The van der Waals surface area contributed by atoms with Crippen molar-refractivity contribution < 1.29 is 18.4 Å². The number of ether oxygens (including phenoxy) is 1. The average molecular weight is 476 g/mol. The molecule has 1 saturated heterocycles. The van der Waals surface area contributed by atoms with Crippen LogP contribution in [-0.4, -0.2) is 40.7 Å². The Morgan fingerprint density at radius 2 is 2.03 bits per heavy atom. The lowest BCUT2D eigenvalue weighted by atomic mass is 9.96. The molecule has 180 valence electrons. The first-order chi connectivity index (χ1) is 17.1. The van der Waals surface area contributed by atoms with Crippen molar-refractivity contribution in [2.45, 2.75) is 26.3 Å². The van der Waals surface area contributed by atoms with Gasteiger partial charge < -0.3 is 19.5 Å². The molecule has 0 spiro atoms. The summed E-state index contributed by atoms with van der Waals surface area (Å²) in [6.07, 6.45) is 3.07. The summed E-state index contributed by atoms with van der Waals surface area (Å²) in [5, 5.41) is 7.90. The summed E-state index contributed by atoms with van der Waals surface area (Å²) in [5.41, 5.74) is 2.56. The largest absolute Gasteiger partial charge is 0.494 e. The van der Waals surface area contributed by atoms with Crippen molar-refractivity contribution in [3.63, 3.8) is 0 Å². The smallest absolute Gasteiger partial charge is 0.263 e. The first-order valence-corrected chi connectivity index (χ1v) is 11.7. The van der Waals surface area contributed by atoms with Gasteiger partial charge in [-0.15, -0.1) is 0 Å². The van der Waals surface area contributed by atoms with E-state index in [0.29, 0.717) is 47.9 Å². The molecule has 5 rings (SSSR count). The summed E-state index contributed by atoms with van der Waals surface area (Å²) < 4.78 is 24.6. The zero-order chi connectivity index (χ0) is 24.2. The minimum atomic E-state index is -0.327. The molecule has 0 aliphatic carbocycles. The van der Waals surface area contributed by atoms with E-state index in [9.17, 15) is 9.18 Å². The number of fused-ring (bicyclic) bond motifs is 1. The number of carbonyl (C=O) groups excluding carboxylic acids is 1. The highest BCUT2D eigenvalue weighted by atomic mass is 19.1. The van der Waals surface area contributed by atoms with Gasteiger partial charge in [-0.1, -0.05) is 23.4 Å². The Kier molecular flexibility index (Phi) is 6.56. The van der Waals surface area contributed by atoms with Crippen molar-refractivity contribution in [1.82, 2.24) is 20.4 Å². The van der Waals surface area contributed by atoms with Crippen LogP contribution in [0.25, 0.3) is 22.4 Å². The van der Waals surface area contributed by atoms with E-state index in [0.717, 1.165) is 30.7 Å².